The quantitative estimate of drug-likeness (QED) is 0.668. The van der Waals surface area contributed by atoms with Gasteiger partial charge in [-0.1, -0.05) is 24.3 Å². The Morgan fingerprint density at radius 3 is 2.19 bits per heavy atom. The number of benzene rings is 2. The van der Waals surface area contributed by atoms with Crippen LogP contribution >= 0.6 is 0 Å². The summed E-state index contributed by atoms with van der Waals surface area (Å²) in [6, 6.07) is 13.6. The van der Waals surface area contributed by atoms with Gasteiger partial charge in [0, 0.05) is 6.54 Å². The Bertz CT molecular complexity index is 1140. The number of amides is 2. The average Bonchev–Trinajstić information content (AvgIpc) is 3.43. The Morgan fingerprint density at radius 1 is 1.00 bits per heavy atom. The van der Waals surface area contributed by atoms with E-state index in [0.29, 0.717) is 16.9 Å². The van der Waals surface area contributed by atoms with Crippen LogP contribution in [0.3, 0.4) is 0 Å². The van der Waals surface area contributed by atoms with E-state index in [1.807, 2.05) is 6.07 Å². The maximum absolute atomic E-state index is 13.5. The first-order chi connectivity index (χ1) is 14.8. The summed E-state index contributed by atoms with van der Waals surface area (Å²) in [5.74, 6) is -1.48. The van der Waals surface area contributed by atoms with Crippen LogP contribution in [0.5, 0.6) is 0 Å². The summed E-state index contributed by atoms with van der Waals surface area (Å²) >= 11 is 0. The van der Waals surface area contributed by atoms with Gasteiger partial charge in [0.15, 0.2) is 0 Å². The van der Waals surface area contributed by atoms with Crippen LogP contribution in [-0.2, 0) is 24.3 Å². The summed E-state index contributed by atoms with van der Waals surface area (Å²) in [6.45, 7) is 3.74. The van der Waals surface area contributed by atoms with E-state index in [0.717, 1.165) is 12.8 Å². The van der Waals surface area contributed by atoms with E-state index in [1.165, 1.54) is 15.3 Å². The lowest BCUT2D eigenvalue weighted by Crippen LogP contribution is -2.35. The number of ether oxygens (including phenoxy) is 1. The van der Waals surface area contributed by atoms with Gasteiger partial charge in [-0.3, -0.25) is 13.9 Å². The highest BCUT2D eigenvalue weighted by Gasteiger charge is 2.62. The van der Waals surface area contributed by atoms with E-state index in [1.54, 1.807) is 50.2 Å². The number of hydrogen-bond donors (Lipinski definition) is 0. The predicted octanol–water partition coefficient (Wildman–Crippen LogP) is 2.88. The third kappa shape index (κ3) is 2.92. The minimum Gasteiger partial charge on any atom is -0.373 e. The molecule has 0 radical (unpaired) electrons. The topological polar surface area (TPSA) is 84.0 Å². The fourth-order valence-corrected chi connectivity index (χ4v) is 6.90. The molecule has 3 aliphatic heterocycles. The Kier molecular flexibility index (Phi) is 4.67. The van der Waals surface area contributed by atoms with Gasteiger partial charge in [-0.15, -0.1) is 0 Å². The molecule has 0 aromatic heterocycles. The van der Waals surface area contributed by atoms with Gasteiger partial charge in [-0.05, 0) is 56.5 Å². The fraction of sp³-hybridized carbons (Fsp3) is 0.391. The van der Waals surface area contributed by atoms with Crippen molar-refractivity contribution in [3.8, 4) is 0 Å². The predicted molar refractivity (Wildman–Crippen MR) is 115 cm³/mol. The number of carbonyl (C=O) groups excluding carboxylic acids is 2. The molecular formula is C23H24N2O5S. The maximum Gasteiger partial charge on any atom is 0.264 e. The van der Waals surface area contributed by atoms with Gasteiger partial charge in [-0.2, -0.15) is 0 Å². The molecule has 4 atom stereocenters. The molecule has 3 aliphatic rings. The van der Waals surface area contributed by atoms with Crippen molar-refractivity contribution in [2.75, 3.05) is 15.7 Å². The van der Waals surface area contributed by atoms with Gasteiger partial charge in [0.05, 0.1) is 40.3 Å². The number of anilines is 2. The van der Waals surface area contributed by atoms with Gasteiger partial charge in [0.25, 0.3) is 10.0 Å². The molecule has 2 aromatic rings. The number of sulfonamides is 1. The van der Waals surface area contributed by atoms with Crippen LogP contribution in [0, 0.1) is 18.8 Å². The second kappa shape index (κ2) is 7.17. The van der Waals surface area contributed by atoms with Gasteiger partial charge in [0.1, 0.15) is 0 Å². The van der Waals surface area contributed by atoms with Gasteiger partial charge < -0.3 is 4.74 Å². The summed E-state index contributed by atoms with van der Waals surface area (Å²) < 4.78 is 34.2. The lowest BCUT2D eigenvalue weighted by Gasteiger charge is -2.25. The molecule has 2 bridgehead atoms. The first-order valence-corrected chi connectivity index (χ1v) is 12.0. The van der Waals surface area contributed by atoms with Crippen LogP contribution < -0.4 is 9.21 Å². The molecule has 8 heteroatoms. The van der Waals surface area contributed by atoms with E-state index in [-0.39, 0.29) is 35.5 Å². The molecule has 3 saturated heterocycles. The SMILES string of the molecule is CCN(c1ccccc1)S(=O)(=O)c1cc(N2C(=O)C3C4CCC(O4)C3C2=O)ccc1C. The van der Waals surface area contributed by atoms with Crippen LogP contribution in [0.4, 0.5) is 11.4 Å². The van der Waals surface area contributed by atoms with Gasteiger partial charge >= 0.3 is 0 Å². The van der Waals surface area contributed by atoms with E-state index in [9.17, 15) is 18.0 Å². The molecule has 3 heterocycles. The number of hydrogen-bond acceptors (Lipinski definition) is 5. The molecule has 4 unspecified atom stereocenters. The standard InChI is InChI=1S/C23H24N2O5S/c1-3-24(15-7-5-4-6-8-15)31(28,29)19-13-16(10-9-14(19)2)25-22(26)20-17-11-12-18(30-17)21(20)23(25)27/h4-10,13,17-18,20-21H,3,11-12H2,1-2H3. The molecule has 0 N–H and O–H groups in total. The Hall–Kier alpha value is -2.71. The number of carbonyl (C=O) groups is 2. The maximum atomic E-state index is 13.5. The molecule has 2 aromatic carbocycles. The van der Waals surface area contributed by atoms with E-state index in [2.05, 4.69) is 0 Å². The summed E-state index contributed by atoms with van der Waals surface area (Å²) in [5, 5.41) is 0. The van der Waals surface area contributed by atoms with Crippen molar-refractivity contribution in [3.05, 3.63) is 54.1 Å². The molecule has 162 valence electrons. The van der Waals surface area contributed by atoms with E-state index < -0.39 is 21.9 Å². The molecular weight excluding hydrogens is 416 g/mol. The highest BCUT2D eigenvalue weighted by atomic mass is 32.2. The molecule has 0 saturated carbocycles. The Labute approximate surface area is 181 Å². The normalized spacial score (nSPS) is 27.1. The number of rotatable bonds is 5. The van der Waals surface area contributed by atoms with E-state index in [4.69, 9.17) is 4.74 Å². The summed E-state index contributed by atoms with van der Waals surface area (Å²) in [7, 11) is -3.89. The average molecular weight is 441 g/mol. The number of aryl methyl sites for hydroxylation is 1. The lowest BCUT2D eigenvalue weighted by atomic mass is 9.81. The molecule has 7 nitrogen and oxygen atoms in total. The molecule has 2 amide bonds. The highest BCUT2D eigenvalue weighted by Crippen LogP contribution is 2.49. The fourth-order valence-electron chi connectivity index (χ4n) is 5.18. The van der Waals surface area contributed by atoms with Gasteiger partial charge in [0.2, 0.25) is 11.8 Å². The minimum atomic E-state index is -3.89. The third-order valence-corrected chi connectivity index (χ3v) is 8.66. The Balaban J connectivity index is 1.54. The van der Waals surface area contributed by atoms with Crippen molar-refractivity contribution < 1.29 is 22.7 Å². The largest absolute Gasteiger partial charge is 0.373 e. The zero-order valence-electron chi connectivity index (χ0n) is 17.4. The zero-order chi connectivity index (χ0) is 21.9. The van der Waals surface area contributed by atoms with Crippen LogP contribution in [0.1, 0.15) is 25.3 Å². The number of nitrogens with zero attached hydrogens (tertiary/aromatic N) is 2. The zero-order valence-corrected chi connectivity index (χ0v) is 18.2. The monoisotopic (exact) mass is 440 g/mol. The van der Waals surface area contributed by atoms with Crippen molar-refractivity contribution in [2.24, 2.45) is 11.8 Å². The van der Waals surface area contributed by atoms with Crippen molar-refractivity contribution in [3.63, 3.8) is 0 Å². The first kappa shape index (κ1) is 20.2. The summed E-state index contributed by atoms with van der Waals surface area (Å²) in [4.78, 5) is 27.5. The van der Waals surface area contributed by atoms with E-state index >= 15 is 0 Å². The van der Waals surface area contributed by atoms with Gasteiger partial charge in [-0.25, -0.2) is 13.3 Å². The van der Waals surface area contributed by atoms with Crippen LogP contribution in [-0.4, -0.2) is 39.0 Å². The molecule has 5 rings (SSSR count). The third-order valence-electron chi connectivity index (χ3n) is 6.61. The van der Waals surface area contributed by atoms with Crippen molar-refractivity contribution in [1.82, 2.24) is 0 Å². The second-order valence-corrected chi connectivity index (χ2v) is 10.1. The molecule has 0 spiro atoms. The smallest absolute Gasteiger partial charge is 0.264 e. The van der Waals surface area contributed by atoms with Crippen molar-refractivity contribution in [2.45, 2.75) is 43.8 Å². The highest BCUT2D eigenvalue weighted by molar-refractivity contribution is 7.92. The van der Waals surface area contributed by atoms with Crippen LogP contribution in [0.15, 0.2) is 53.4 Å². The van der Waals surface area contributed by atoms with Crippen molar-refractivity contribution in [1.29, 1.82) is 0 Å². The van der Waals surface area contributed by atoms with Crippen LogP contribution in [0.25, 0.3) is 0 Å². The number of para-hydroxylation sites is 1. The summed E-state index contributed by atoms with van der Waals surface area (Å²) in [6.07, 6.45) is 1.15. The second-order valence-electron chi connectivity index (χ2n) is 8.31. The van der Waals surface area contributed by atoms with Crippen LogP contribution in [0.2, 0.25) is 0 Å². The van der Waals surface area contributed by atoms with Crippen molar-refractivity contribution >= 4 is 33.2 Å². The lowest BCUT2D eigenvalue weighted by molar-refractivity contribution is -0.124. The first-order valence-electron chi connectivity index (χ1n) is 10.6. The Morgan fingerprint density at radius 2 is 1.61 bits per heavy atom. The summed E-state index contributed by atoms with van der Waals surface area (Å²) in [5.41, 5.74) is 1.42. The molecule has 0 aliphatic carbocycles. The number of fused-ring (bicyclic) bond motifs is 5. The number of imide groups is 1. The molecule has 31 heavy (non-hydrogen) atoms. The molecule has 3 fully saturated rings. The minimum absolute atomic E-state index is 0.0904.